The van der Waals surface area contributed by atoms with E-state index in [1.807, 2.05) is 30.3 Å². The third kappa shape index (κ3) is 3.25. The Bertz CT molecular complexity index is 619. The zero-order chi connectivity index (χ0) is 15.2. The number of hydrogen-bond donors (Lipinski definition) is 2. The van der Waals surface area contributed by atoms with Crippen LogP contribution in [0.1, 0.15) is 11.1 Å². The zero-order valence-electron chi connectivity index (χ0n) is 12.1. The van der Waals surface area contributed by atoms with Crippen LogP contribution >= 0.6 is 0 Å². The molecule has 3 N–H and O–H groups in total. The molecule has 2 rings (SSSR count). The summed E-state index contributed by atoms with van der Waals surface area (Å²) in [5.41, 5.74) is 6.92. The first-order chi connectivity index (χ1) is 10.2. The van der Waals surface area contributed by atoms with Crippen molar-refractivity contribution in [3.63, 3.8) is 0 Å². The van der Waals surface area contributed by atoms with Gasteiger partial charge in [-0.05, 0) is 24.3 Å². The SMILES string of the molecule is COc1cccc(OC)c1COc1ccccc1C(=N)N. The number of rotatable bonds is 6. The molecule has 5 nitrogen and oxygen atoms in total. The Kier molecular flexibility index (Phi) is 4.66. The van der Waals surface area contributed by atoms with Gasteiger partial charge in [0.2, 0.25) is 0 Å². The van der Waals surface area contributed by atoms with Crippen LogP contribution in [0.2, 0.25) is 0 Å². The van der Waals surface area contributed by atoms with Gasteiger partial charge in [0.15, 0.2) is 0 Å². The minimum Gasteiger partial charge on any atom is -0.496 e. The molecule has 2 aromatic rings. The van der Waals surface area contributed by atoms with Gasteiger partial charge >= 0.3 is 0 Å². The molecule has 0 aliphatic carbocycles. The highest BCUT2D eigenvalue weighted by Gasteiger charge is 2.12. The summed E-state index contributed by atoms with van der Waals surface area (Å²) in [4.78, 5) is 0. The second kappa shape index (κ2) is 6.65. The molecule has 110 valence electrons. The van der Waals surface area contributed by atoms with Crippen molar-refractivity contribution in [2.45, 2.75) is 6.61 Å². The van der Waals surface area contributed by atoms with Gasteiger partial charge in [0.1, 0.15) is 29.7 Å². The molecule has 0 aliphatic rings. The zero-order valence-corrected chi connectivity index (χ0v) is 12.1. The molecule has 0 saturated heterocycles. The van der Waals surface area contributed by atoms with Crippen LogP contribution in [0.15, 0.2) is 42.5 Å². The number of benzene rings is 2. The predicted molar refractivity (Wildman–Crippen MR) is 81.3 cm³/mol. The lowest BCUT2D eigenvalue weighted by Crippen LogP contribution is -2.13. The van der Waals surface area contributed by atoms with Gasteiger partial charge in [0, 0.05) is 0 Å². The summed E-state index contributed by atoms with van der Waals surface area (Å²) in [6.07, 6.45) is 0. The fourth-order valence-corrected chi connectivity index (χ4v) is 2.04. The Labute approximate surface area is 123 Å². The van der Waals surface area contributed by atoms with E-state index in [9.17, 15) is 0 Å². The van der Waals surface area contributed by atoms with Crippen molar-refractivity contribution in [3.05, 3.63) is 53.6 Å². The van der Waals surface area contributed by atoms with E-state index in [4.69, 9.17) is 25.4 Å². The molecule has 5 heteroatoms. The highest BCUT2D eigenvalue weighted by Crippen LogP contribution is 2.30. The smallest absolute Gasteiger partial charge is 0.130 e. The summed E-state index contributed by atoms with van der Waals surface area (Å²) in [5.74, 6) is 1.90. The normalized spacial score (nSPS) is 10.0. The summed E-state index contributed by atoms with van der Waals surface area (Å²) in [6, 6.07) is 12.7. The minimum absolute atomic E-state index is 0.0300. The molecule has 21 heavy (non-hydrogen) atoms. The van der Waals surface area contributed by atoms with E-state index < -0.39 is 0 Å². The number of hydrogen-bond acceptors (Lipinski definition) is 4. The van der Waals surface area contributed by atoms with Crippen molar-refractivity contribution in [3.8, 4) is 17.2 Å². The van der Waals surface area contributed by atoms with E-state index in [1.54, 1.807) is 26.4 Å². The number of nitrogens with two attached hydrogens (primary N) is 1. The number of para-hydroxylation sites is 1. The topological polar surface area (TPSA) is 77.6 Å². The van der Waals surface area contributed by atoms with E-state index in [2.05, 4.69) is 0 Å². The van der Waals surface area contributed by atoms with Gasteiger partial charge in [-0.15, -0.1) is 0 Å². The number of methoxy groups -OCH3 is 2. The quantitative estimate of drug-likeness (QED) is 0.632. The highest BCUT2D eigenvalue weighted by molar-refractivity contribution is 5.97. The fraction of sp³-hybridized carbons (Fsp3) is 0.188. The van der Waals surface area contributed by atoms with Crippen LogP contribution < -0.4 is 19.9 Å². The molecule has 2 aromatic carbocycles. The van der Waals surface area contributed by atoms with Crippen molar-refractivity contribution < 1.29 is 14.2 Å². The molecule has 0 spiro atoms. The van der Waals surface area contributed by atoms with Gasteiger partial charge in [-0.2, -0.15) is 0 Å². The van der Waals surface area contributed by atoms with Crippen LogP contribution in [0, 0.1) is 5.41 Å². The van der Waals surface area contributed by atoms with Gasteiger partial charge in [-0.25, -0.2) is 0 Å². The van der Waals surface area contributed by atoms with Gasteiger partial charge < -0.3 is 19.9 Å². The molecule has 0 fully saturated rings. The molecule has 0 atom stereocenters. The maximum absolute atomic E-state index is 7.56. The summed E-state index contributed by atoms with van der Waals surface area (Å²) in [5, 5.41) is 7.56. The number of nitrogens with one attached hydrogen (secondary N) is 1. The third-order valence-electron chi connectivity index (χ3n) is 3.08. The monoisotopic (exact) mass is 286 g/mol. The van der Waals surface area contributed by atoms with Gasteiger partial charge in [-0.3, -0.25) is 5.41 Å². The molecule has 0 saturated carbocycles. The van der Waals surface area contributed by atoms with Gasteiger partial charge in [0.05, 0.1) is 25.3 Å². The van der Waals surface area contributed by atoms with Crippen molar-refractivity contribution in [1.82, 2.24) is 0 Å². The molecule has 0 bridgehead atoms. The van der Waals surface area contributed by atoms with E-state index in [1.165, 1.54) is 0 Å². The minimum atomic E-state index is -0.0300. The van der Waals surface area contributed by atoms with Crippen molar-refractivity contribution in [2.24, 2.45) is 5.73 Å². The molecule has 0 amide bonds. The Hall–Kier alpha value is -2.69. The second-order valence-electron chi connectivity index (χ2n) is 4.34. The Morgan fingerprint density at radius 2 is 1.52 bits per heavy atom. The first-order valence-electron chi connectivity index (χ1n) is 6.43. The largest absolute Gasteiger partial charge is 0.496 e. The maximum Gasteiger partial charge on any atom is 0.130 e. The lowest BCUT2D eigenvalue weighted by molar-refractivity contribution is 0.286. The summed E-state index contributed by atoms with van der Waals surface area (Å²) < 4.78 is 16.4. The lowest BCUT2D eigenvalue weighted by atomic mass is 10.1. The van der Waals surface area contributed by atoms with Crippen LogP contribution in [0.3, 0.4) is 0 Å². The summed E-state index contributed by atoms with van der Waals surface area (Å²) in [6.45, 7) is 0.261. The number of ether oxygens (including phenoxy) is 3. The number of nitrogen functional groups attached to an aromatic ring is 1. The Morgan fingerprint density at radius 1 is 0.952 bits per heavy atom. The molecular formula is C16H18N2O3. The van der Waals surface area contributed by atoms with Crippen molar-refractivity contribution in [1.29, 1.82) is 5.41 Å². The molecule has 0 aromatic heterocycles. The average Bonchev–Trinajstić information content (AvgIpc) is 2.52. The standard InChI is InChI=1S/C16H18N2O3/c1-19-13-8-5-9-14(20-2)12(13)10-21-15-7-4-3-6-11(15)16(17)18/h3-9H,10H2,1-2H3,(H3,17,18). The fourth-order valence-electron chi connectivity index (χ4n) is 2.04. The molecule has 0 unspecified atom stereocenters. The summed E-state index contributed by atoms with van der Waals surface area (Å²) in [7, 11) is 3.20. The van der Waals surface area contributed by atoms with Crippen LogP contribution in [-0.2, 0) is 6.61 Å². The van der Waals surface area contributed by atoms with E-state index >= 15 is 0 Å². The van der Waals surface area contributed by atoms with Crippen LogP contribution in [0.4, 0.5) is 0 Å². The second-order valence-corrected chi connectivity index (χ2v) is 4.34. The Balaban J connectivity index is 2.26. The van der Waals surface area contributed by atoms with Crippen LogP contribution in [-0.4, -0.2) is 20.1 Å². The average molecular weight is 286 g/mol. The summed E-state index contributed by atoms with van der Waals surface area (Å²) >= 11 is 0. The van der Waals surface area contributed by atoms with E-state index in [0.717, 1.165) is 5.56 Å². The number of amidine groups is 1. The van der Waals surface area contributed by atoms with Gasteiger partial charge in [0.25, 0.3) is 0 Å². The molecular weight excluding hydrogens is 268 g/mol. The Morgan fingerprint density at radius 3 is 2.10 bits per heavy atom. The van der Waals surface area contributed by atoms with E-state index in [0.29, 0.717) is 22.8 Å². The highest BCUT2D eigenvalue weighted by atomic mass is 16.5. The first-order valence-corrected chi connectivity index (χ1v) is 6.43. The predicted octanol–water partition coefficient (Wildman–Crippen LogP) is 2.57. The molecule has 0 aliphatic heterocycles. The lowest BCUT2D eigenvalue weighted by Gasteiger charge is -2.15. The molecule has 0 heterocycles. The van der Waals surface area contributed by atoms with Gasteiger partial charge in [-0.1, -0.05) is 18.2 Å². The van der Waals surface area contributed by atoms with Crippen molar-refractivity contribution in [2.75, 3.05) is 14.2 Å². The van der Waals surface area contributed by atoms with Crippen LogP contribution in [0.5, 0.6) is 17.2 Å². The van der Waals surface area contributed by atoms with Crippen molar-refractivity contribution >= 4 is 5.84 Å². The van der Waals surface area contributed by atoms with Crippen LogP contribution in [0.25, 0.3) is 0 Å². The maximum atomic E-state index is 7.56. The van der Waals surface area contributed by atoms with E-state index in [-0.39, 0.29) is 12.4 Å². The molecule has 0 radical (unpaired) electrons. The third-order valence-corrected chi connectivity index (χ3v) is 3.08. The first kappa shape index (κ1) is 14.7.